The van der Waals surface area contributed by atoms with Crippen molar-refractivity contribution in [1.82, 2.24) is 29.7 Å². The molecule has 7 nitrogen and oxygen atoms in total. The minimum Gasteiger partial charge on any atom is -0.345 e. The molecule has 0 radical (unpaired) electrons. The Morgan fingerprint density at radius 2 is 1.79 bits per heavy atom. The van der Waals surface area contributed by atoms with Crippen LogP contribution in [0.15, 0.2) is 48.9 Å². The van der Waals surface area contributed by atoms with Crippen molar-refractivity contribution in [3.05, 3.63) is 71.3 Å². The van der Waals surface area contributed by atoms with Crippen molar-refractivity contribution < 1.29 is 4.79 Å². The van der Waals surface area contributed by atoms with Gasteiger partial charge in [-0.1, -0.05) is 45.0 Å². The SMILES string of the molecule is CCC(C)c1ccc(C(CC)NC(=O)c2cnn3c(-c4cn(CC)nc4C)ccnc23)cc1. The maximum absolute atomic E-state index is 13.2. The number of aryl methyl sites for hydroxylation is 2. The summed E-state index contributed by atoms with van der Waals surface area (Å²) >= 11 is 0. The number of nitrogens with zero attached hydrogens (tertiary/aromatic N) is 5. The Kier molecular flexibility index (Phi) is 6.58. The second-order valence-electron chi connectivity index (χ2n) is 8.52. The molecule has 2 atom stereocenters. The number of fused-ring (bicyclic) bond motifs is 1. The molecule has 4 aromatic rings. The Hall–Kier alpha value is -3.48. The molecule has 0 bridgehead atoms. The number of carbonyl (C=O) groups excluding carboxylic acids is 1. The van der Waals surface area contributed by atoms with Gasteiger partial charge >= 0.3 is 0 Å². The van der Waals surface area contributed by atoms with E-state index in [9.17, 15) is 4.79 Å². The van der Waals surface area contributed by atoms with Crippen LogP contribution in [-0.4, -0.2) is 30.3 Å². The third-order valence-electron chi connectivity index (χ3n) is 6.43. The van der Waals surface area contributed by atoms with E-state index in [0.717, 1.165) is 41.9 Å². The van der Waals surface area contributed by atoms with E-state index in [1.54, 1.807) is 16.9 Å². The topological polar surface area (TPSA) is 77.1 Å². The molecule has 7 heteroatoms. The first-order valence-electron chi connectivity index (χ1n) is 11.7. The fraction of sp³-hybridized carbons (Fsp3) is 0.385. The second-order valence-corrected chi connectivity index (χ2v) is 8.52. The van der Waals surface area contributed by atoms with Crippen molar-refractivity contribution in [2.45, 2.75) is 66.0 Å². The molecule has 33 heavy (non-hydrogen) atoms. The summed E-state index contributed by atoms with van der Waals surface area (Å²) in [6, 6.07) is 10.4. The smallest absolute Gasteiger partial charge is 0.257 e. The number of benzene rings is 1. The van der Waals surface area contributed by atoms with Gasteiger partial charge in [0.1, 0.15) is 5.56 Å². The summed E-state index contributed by atoms with van der Waals surface area (Å²) in [4.78, 5) is 17.7. The minimum atomic E-state index is -0.173. The standard InChI is InChI=1S/C26H32N6O/c1-6-17(4)19-9-11-20(12-10-19)23(7-2)29-26(33)21-15-28-32-24(13-14-27-25(21)32)22-16-31(8-3)30-18(22)5/h9-17,23H,6-8H2,1-5H3,(H,29,33). The van der Waals surface area contributed by atoms with Crippen molar-refractivity contribution >= 4 is 11.6 Å². The maximum Gasteiger partial charge on any atom is 0.257 e. The third-order valence-corrected chi connectivity index (χ3v) is 6.43. The highest BCUT2D eigenvalue weighted by Gasteiger charge is 2.21. The van der Waals surface area contributed by atoms with E-state index in [0.29, 0.717) is 17.1 Å². The van der Waals surface area contributed by atoms with E-state index in [1.807, 2.05) is 23.9 Å². The number of nitrogens with one attached hydrogen (secondary N) is 1. The zero-order chi connectivity index (χ0) is 23.5. The predicted octanol–water partition coefficient (Wildman–Crippen LogP) is 5.32. The summed E-state index contributed by atoms with van der Waals surface area (Å²) < 4.78 is 3.62. The molecule has 3 heterocycles. The van der Waals surface area contributed by atoms with Crippen LogP contribution < -0.4 is 5.32 Å². The van der Waals surface area contributed by atoms with Crippen molar-refractivity contribution in [2.75, 3.05) is 0 Å². The summed E-state index contributed by atoms with van der Waals surface area (Å²) in [7, 11) is 0. The van der Waals surface area contributed by atoms with Gasteiger partial charge in [-0.2, -0.15) is 10.2 Å². The third kappa shape index (κ3) is 4.40. The average molecular weight is 445 g/mol. The molecule has 172 valence electrons. The first-order chi connectivity index (χ1) is 16.0. The van der Waals surface area contributed by atoms with Gasteiger partial charge in [0.2, 0.25) is 0 Å². The Balaban J connectivity index is 1.61. The van der Waals surface area contributed by atoms with Crippen LogP contribution in [0.1, 0.15) is 79.7 Å². The normalized spacial score (nSPS) is 13.2. The van der Waals surface area contributed by atoms with E-state index in [2.05, 4.69) is 72.5 Å². The van der Waals surface area contributed by atoms with Crippen LogP contribution in [0.4, 0.5) is 0 Å². The average Bonchev–Trinajstić information content (AvgIpc) is 3.45. The predicted molar refractivity (Wildman–Crippen MR) is 130 cm³/mol. The van der Waals surface area contributed by atoms with Crippen molar-refractivity contribution in [1.29, 1.82) is 0 Å². The van der Waals surface area contributed by atoms with Gasteiger partial charge in [0.15, 0.2) is 5.65 Å². The van der Waals surface area contributed by atoms with Gasteiger partial charge in [0, 0.05) is 24.5 Å². The first kappa shape index (κ1) is 22.7. The monoisotopic (exact) mass is 444 g/mol. The molecule has 0 aliphatic rings. The fourth-order valence-electron chi connectivity index (χ4n) is 4.14. The lowest BCUT2D eigenvalue weighted by Crippen LogP contribution is -2.28. The Bertz CT molecular complexity index is 1250. The van der Waals surface area contributed by atoms with Gasteiger partial charge in [-0.15, -0.1) is 0 Å². The molecule has 3 aromatic heterocycles. The van der Waals surface area contributed by atoms with E-state index in [-0.39, 0.29) is 11.9 Å². The molecule has 0 aliphatic heterocycles. The molecule has 0 saturated heterocycles. The maximum atomic E-state index is 13.2. The van der Waals surface area contributed by atoms with Crippen molar-refractivity contribution in [2.24, 2.45) is 0 Å². The first-order valence-corrected chi connectivity index (χ1v) is 11.7. The van der Waals surface area contributed by atoms with Crippen molar-refractivity contribution in [3.63, 3.8) is 0 Å². The summed E-state index contributed by atoms with van der Waals surface area (Å²) in [6.07, 6.45) is 7.22. The molecule has 4 rings (SSSR count). The fourth-order valence-corrected chi connectivity index (χ4v) is 4.14. The summed E-state index contributed by atoms with van der Waals surface area (Å²) in [5.41, 5.74) is 6.19. The van der Waals surface area contributed by atoms with Gasteiger partial charge < -0.3 is 5.32 Å². The van der Waals surface area contributed by atoms with Gasteiger partial charge in [0.05, 0.1) is 23.6 Å². The van der Waals surface area contributed by atoms with Crippen LogP contribution in [-0.2, 0) is 6.54 Å². The lowest BCUT2D eigenvalue weighted by Gasteiger charge is -2.18. The quantitative estimate of drug-likeness (QED) is 0.399. The summed E-state index contributed by atoms with van der Waals surface area (Å²) in [5, 5.41) is 12.2. The molecule has 1 aromatic carbocycles. The van der Waals surface area contributed by atoms with Gasteiger partial charge in [-0.05, 0) is 49.8 Å². The number of hydrogen-bond donors (Lipinski definition) is 1. The van der Waals surface area contributed by atoms with E-state index in [1.165, 1.54) is 5.56 Å². The minimum absolute atomic E-state index is 0.0772. The summed E-state index contributed by atoms with van der Waals surface area (Å²) in [6.45, 7) is 11.3. The van der Waals surface area contributed by atoms with E-state index >= 15 is 0 Å². The van der Waals surface area contributed by atoms with Gasteiger partial charge in [-0.3, -0.25) is 9.48 Å². The number of carbonyl (C=O) groups is 1. The molecule has 0 fully saturated rings. The van der Waals surface area contributed by atoms with Gasteiger partial charge in [0.25, 0.3) is 5.91 Å². The molecule has 2 unspecified atom stereocenters. The van der Waals surface area contributed by atoms with Crippen LogP contribution in [0.2, 0.25) is 0 Å². The molecule has 1 amide bonds. The highest BCUT2D eigenvalue weighted by atomic mass is 16.1. The second kappa shape index (κ2) is 9.57. The zero-order valence-corrected chi connectivity index (χ0v) is 20.0. The number of amides is 1. The van der Waals surface area contributed by atoms with Crippen LogP contribution in [0, 0.1) is 6.92 Å². The Labute approximate surface area is 194 Å². The number of rotatable bonds is 8. The lowest BCUT2D eigenvalue weighted by molar-refractivity contribution is 0.0937. The van der Waals surface area contributed by atoms with Crippen molar-refractivity contribution in [3.8, 4) is 11.3 Å². The highest BCUT2D eigenvalue weighted by molar-refractivity contribution is 6.00. The largest absolute Gasteiger partial charge is 0.345 e. The molecule has 0 saturated carbocycles. The van der Waals surface area contributed by atoms with Gasteiger partial charge in [-0.25, -0.2) is 9.50 Å². The summed E-state index contributed by atoms with van der Waals surface area (Å²) in [5.74, 6) is 0.356. The van der Waals surface area contributed by atoms with E-state index < -0.39 is 0 Å². The molecular formula is C26H32N6O. The Morgan fingerprint density at radius 3 is 2.42 bits per heavy atom. The van der Waals surface area contributed by atoms with E-state index in [4.69, 9.17) is 0 Å². The number of aromatic nitrogens is 5. The molecular weight excluding hydrogens is 412 g/mol. The highest BCUT2D eigenvalue weighted by Crippen LogP contribution is 2.25. The van der Waals surface area contributed by atoms with Crippen LogP contribution >= 0.6 is 0 Å². The van der Waals surface area contributed by atoms with Crippen LogP contribution in [0.3, 0.4) is 0 Å². The van der Waals surface area contributed by atoms with Crippen LogP contribution in [0.5, 0.6) is 0 Å². The molecule has 1 N–H and O–H groups in total. The lowest BCUT2D eigenvalue weighted by atomic mass is 9.95. The zero-order valence-electron chi connectivity index (χ0n) is 20.0. The molecule has 0 aliphatic carbocycles. The Morgan fingerprint density at radius 1 is 1.06 bits per heavy atom. The number of hydrogen-bond acceptors (Lipinski definition) is 4. The molecule has 0 spiro atoms. The van der Waals surface area contributed by atoms with Crippen LogP contribution in [0.25, 0.3) is 16.9 Å².